The second kappa shape index (κ2) is 11.2. The lowest BCUT2D eigenvalue weighted by Gasteiger charge is -2.31. The monoisotopic (exact) mass is 493 g/mol. The topological polar surface area (TPSA) is 80.1 Å². The minimum atomic E-state index is -0.924. The summed E-state index contributed by atoms with van der Waals surface area (Å²) in [5.74, 6) is -0.574. The molecule has 0 aliphatic carbocycles. The lowest BCUT2D eigenvalue weighted by molar-refractivity contribution is -0.142. The maximum absolute atomic E-state index is 13.7. The highest BCUT2D eigenvalue weighted by atomic mass is 32.1. The maximum atomic E-state index is 13.7. The Labute approximate surface area is 207 Å². The van der Waals surface area contributed by atoms with Gasteiger partial charge in [-0.25, -0.2) is 9.07 Å². The van der Waals surface area contributed by atoms with E-state index in [-0.39, 0.29) is 24.9 Å². The summed E-state index contributed by atoms with van der Waals surface area (Å²) in [4.78, 5) is 29.7. The van der Waals surface area contributed by atoms with Gasteiger partial charge >= 0.3 is 0 Å². The van der Waals surface area contributed by atoms with Crippen molar-refractivity contribution in [2.45, 2.75) is 39.4 Å². The van der Waals surface area contributed by atoms with E-state index in [1.165, 1.54) is 28.2 Å². The molecule has 9 heteroatoms. The second-order valence-corrected chi connectivity index (χ2v) is 9.80. The van der Waals surface area contributed by atoms with Gasteiger partial charge in [-0.05, 0) is 53.6 Å². The molecule has 2 aromatic carbocycles. The number of aromatic nitrogens is 3. The zero-order valence-corrected chi connectivity index (χ0v) is 20.5. The summed E-state index contributed by atoms with van der Waals surface area (Å²) in [5, 5.41) is 13.2. The van der Waals surface area contributed by atoms with Crippen molar-refractivity contribution in [2.75, 3.05) is 6.54 Å². The molecule has 0 unspecified atom stereocenters. The minimum Gasteiger partial charge on any atom is -0.354 e. The van der Waals surface area contributed by atoms with E-state index in [1.54, 1.807) is 17.0 Å². The third-order valence-electron chi connectivity index (χ3n) is 5.70. The summed E-state index contributed by atoms with van der Waals surface area (Å²) in [5.41, 5.74) is 1.96. The number of benzene rings is 2. The number of carbonyl (C=O) groups excluding carboxylic acids is 2. The van der Waals surface area contributed by atoms with E-state index in [0.717, 1.165) is 16.8 Å². The van der Waals surface area contributed by atoms with Gasteiger partial charge in [0.25, 0.3) is 0 Å². The normalized spacial score (nSPS) is 12.1. The van der Waals surface area contributed by atoms with E-state index < -0.39 is 11.9 Å². The van der Waals surface area contributed by atoms with Crippen LogP contribution in [-0.4, -0.2) is 38.3 Å². The fraction of sp³-hybridized carbons (Fsp3) is 0.308. The zero-order valence-electron chi connectivity index (χ0n) is 19.7. The van der Waals surface area contributed by atoms with E-state index in [1.807, 2.05) is 41.8 Å². The van der Waals surface area contributed by atoms with Crippen LogP contribution in [0.3, 0.4) is 0 Å². The van der Waals surface area contributed by atoms with Crippen LogP contribution in [0.4, 0.5) is 4.39 Å². The molecule has 0 saturated carbocycles. The van der Waals surface area contributed by atoms with E-state index in [0.29, 0.717) is 23.5 Å². The van der Waals surface area contributed by atoms with Gasteiger partial charge in [0.15, 0.2) is 0 Å². The highest BCUT2D eigenvalue weighted by Crippen LogP contribution is 2.26. The number of nitrogens with zero attached hydrogens (tertiary/aromatic N) is 4. The Morgan fingerprint density at radius 3 is 2.57 bits per heavy atom. The summed E-state index contributed by atoms with van der Waals surface area (Å²) < 4.78 is 15.2. The molecule has 0 spiro atoms. The van der Waals surface area contributed by atoms with Crippen molar-refractivity contribution in [2.24, 2.45) is 5.92 Å². The molecule has 2 heterocycles. The number of rotatable bonds is 10. The van der Waals surface area contributed by atoms with Crippen molar-refractivity contribution in [1.29, 1.82) is 0 Å². The van der Waals surface area contributed by atoms with Gasteiger partial charge in [-0.2, -0.15) is 0 Å². The molecule has 0 fully saturated rings. The third kappa shape index (κ3) is 6.10. The predicted octanol–water partition coefficient (Wildman–Crippen LogP) is 4.56. The van der Waals surface area contributed by atoms with Crippen LogP contribution in [-0.2, 0) is 22.7 Å². The quantitative estimate of drug-likeness (QED) is 0.351. The minimum absolute atomic E-state index is 0.0805. The molecule has 4 rings (SSSR count). The largest absolute Gasteiger partial charge is 0.354 e. The lowest BCUT2D eigenvalue weighted by Crippen LogP contribution is -2.44. The van der Waals surface area contributed by atoms with Crippen molar-refractivity contribution in [1.82, 2.24) is 25.2 Å². The molecule has 182 valence electrons. The number of fused-ring (bicyclic) bond motifs is 1. The number of carbonyl (C=O) groups is 2. The van der Waals surface area contributed by atoms with Gasteiger partial charge in [-0.1, -0.05) is 49.4 Å². The zero-order chi connectivity index (χ0) is 24.8. The molecule has 35 heavy (non-hydrogen) atoms. The molecule has 0 bridgehead atoms. The Morgan fingerprint density at radius 2 is 1.86 bits per heavy atom. The number of nitrogens with one attached hydrogen (secondary N) is 1. The highest BCUT2D eigenvalue weighted by molar-refractivity contribution is 7.09. The molecule has 2 aromatic heterocycles. The summed E-state index contributed by atoms with van der Waals surface area (Å²) in [7, 11) is 0. The number of hydrogen-bond acceptors (Lipinski definition) is 5. The van der Waals surface area contributed by atoms with Crippen molar-refractivity contribution in [3.8, 4) is 0 Å². The fourth-order valence-corrected chi connectivity index (χ4v) is 4.55. The molecule has 0 saturated heterocycles. The Kier molecular flexibility index (Phi) is 7.87. The molecule has 4 aromatic rings. The number of hydrogen-bond donors (Lipinski definition) is 1. The van der Waals surface area contributed by atoms with Crippen molar-refractivity contribution in [3.05, 3.63) is 82.3 Å². The number of amides is 2. The van der Waals surface area contributed by atoms with Crippen LogP contribution in [0.25, 0.3) is 11.0 Å². The Morgan fingerprint density at radius 1 is 1.09 bits per heavy atom. The van der Waals surface area contributed by atoms with Crippen LogP contribution >= 0.6 is 11.3 Å². The first-order valence-corrected chi connectivity index (χ1v) is 12.4. The van der Waals surface area contributed by atoms with Crippen LogP contribution in [0.15, 0.2) is 66.0 Å². The van der Waals surface area contributed by atoms with Gasteiger partial charge < -0.3 is 10.2 Å². The maximum Gasteiger partial charge on any atom is 0.247 e. The van der Waals surface area contributed by atoms with Crippen LogP contribution in [0, 0.1) is 11.7 Å². The molecule has 1 atom stereocenters. The highest BCUT2D eigenvalue weighted by Gasteiger charge is 2.32. The third-order valence-corrected chi connectivity index (χ3v) is 6.56. The number of para-hydroxylation sites is 1. The van der Waals surface area contributed by atoms with Crippen LogP contribution in [0.1, 0.15) is 36.8 Å². The van der Waals surface area contributed by atoms with Gasteiger partial charge in [0, 0.05) is 11.4 Å². The molecule has 1 N–H and O–H groups in total. The lowest BCUT2D eigenvalue weighted by atomic mass is 10.0. The Bertz CT molecular complexity index is 1270. The summed E-state index contributed by atoms with van der Waals surface area (Å²) in [6, 6.07) is 16.0. The number of halogens is 1. The predicted molar refractivity (Wildman–Crippen MR) is 134 cm³/mol. The molecule has 0 aliphatic heterocycles. The van der Waals surface area contributed by atoms with Crippen LogP contribution < -0.4 is 5.32 Å². The van der Waals surface area contributed by atoms with Crippen LogP contribution in [0.5, 0.6) is 0 Å². The second-order valence-electron chi connectivity index (χ2n) is 8.76. The average Bonchev–Trinajstić information content (AvgIpc) is 3.50. The van der Waals surface area contributed by atoms with E-state index >= 15 is 0 Å². The van der Waals surface area contributed by atoms with Crippen molar-refractivity contribution in [3.63, 3.8) is 0 Å². The van der Waals surface area contributed by atoms with Gasteiger partial charge in [0.1, 0.15) is 23.9 Å². The molecular formula is C26H28FN5O2S. The fourth-order valence-electron chi connectivity index (χ4n) is 3.85. The molecule has 0 aliphatic rings. The first-order chi connectivity index (χ1) is 16.9. The molecule has 2 amide bonds. The molecule has 7 nitrogen and oxygen atoms in total. The first-order valence-electron chi connectivity index (χ1n) is 11.6. The summed E-state index contributed by atoms with van der Waals surface area (Å²) >= 11 is 1.51. The van der Waals surface area contributed by atoms with E-state index in [4.69, 9.17) is 0 Å². The van der Waals surface area contributed by atoms with E-state index in [2.05, 4.69) is 29.5 Å². The van der Waals surface area contributed by atoms with E-state index in [9.17, 15) is 14.0 Å². The molecule has 0 radical (unpaired) electrons. The Balaban J connectivity index is 1.68. The average molecular weight is 494 g/mol. The Hall–Kier alpha value is -3.59. The van der Waals surface area contributed by atoms with Gasteiger partial charge in [-0.3, -0.25) is 9.59 Å². The first kappa shape index (κ1) is 24.5. The number of thiophene rings is 1. The van der Waals surface area contributed by atoms with Crippen molar-refractivity contribution < 1.29 is 14.0 Å². The van der Waals surface area contributed by atoms with Gasteiger partial charge in [0.05, 0.1) is 12.1 Å². The molecular weight excluding hydrogens is 465 g/mol. The summed E-state index contributed by atoms with van der Waals surface area (Å²) in [6.07, 6.45) is 0.811. The standard InChI is InChI=1S/C26H28FN5O2S/c1-18(2)13-14-28-26(34)25(19-9-11-20(27)12-10-19)31(16-21-6-5-15-35-21)24(33)17-32-23-8-4-3-7-22(23)29-30-32/h3-12,15,18,25H,13-14,16-17H2,1-2H3,(H,28,34)/t25-/m1/s1. The summed E-state index contributed by atoms with van der Waals surface area (Å²) in [6.45, 7) is 4.81. The SMILES string of the molecule is CC(C)CCNC(=O)[C@@H](c1ccc(F)cc1)N(Cc1cccs1)C(=O)Cn1nnc2ccccc21. The smallest absolute Gasteiger partial charge is 0.247 e. The van der Waals surface area contributed by atoms with Crippen LogP contribution in [0.2, 0.25) is 0 Å². The van der Waals surface area contributed by atoms with Gasteiger partial charge in [-0.15, -0.1) is 16.4 Å². The van der Waals surface area contributed by atoms with Gasteiger partial charge in [0.2, 0.25) is 11.8 Å². The van der Waals surface area contributed by atoms with Crippen molar-refractivity contribution >= 4 is 34.2 Å².